The van der Waals surface area contributed by atoms with E-state index in [2.05, 4.69) is 4.98 Å². The van der Waals surface area contributed by atoms with Crippen LogP contribution in [0.3, 0.4) is 0 Å². The van der Waals surface area contributed by atoms with E-state index < -0.39 is 53.7 Å². The summed E-state index contributed by atoms with van der Waals surface area (Å²) in [5.41, 5.74) is -2.09. The molecule has 1 saturated heterocycles. The molecule has 1 aromatic heterocycles. The van der Waals surface area contributed by atoms with E-state index in [1.54, 1.807) is 30.5 Å². The van der Waals surface area contributed by atoms with Crippen LogP contribution in [0, 0.1) is 0 Å². The minimum atomic E-state index is -5.04. The number of nitrogens with one attached hydrogen (secondary N) is 1. The number of H-pyrrole nitrogens is 1. The van der Waals surface area contributed by atoms with Crippen LogP contribution in [0.25, 0.3) is 10.9 Å². The first-order chi connectivity index (χ1) is 14.9. The highest BCUT2D eigenvalue weighted by atomic mass is 19.4. The van der Waals surface area contributed by atoms with E-state index >= 15 is 0 Å². The lowest BCUT2D eigenvalue weighted by atomic mass is 10.0. The average molecular weight is 456 g/mol. The molecule has 11 heteroatoms. The molecule has 2 amide bonds. The second-order valence-corrected chi connectivity index (χ2v) is 7.27. The Morgan fingerprint density at radius 3 is 2.19 bits per heavy atom. The molecule has 1 N–H and O–H groups in total. The van der Waals surface area contributed by atoms with E-state index in [4.69, 9.17) is 4.74 Å². The number of para-hydroxylation sites is 1. The third-order valence-corrected chi connectivity index (χ3v) is 5.07. The lowest BCUT2D eigenvalue weighted by Gasteiger charge is -2.16. The van der Waals surface area contributed by atoms with Crippen molar-refractivity contribution >= 4 is 22.9 Å². The van der Waals surface area contributed by atoms with Gasteiger partial charge in [0, 0.05) is 23.5 Å². The standard InChI is InChI=1S/C21H14F6N2O3/c22-20(23,24)13-5-11(6-14(8-13)21(25,26)27)10-29-18(30)17(32-19(29)31)7-12-9-28-16-4-2-1-3-15(12)16/h1-6,8-9,17,28H,7,10H2/t17-/m1/s1. The van der Waals surface area contributed by atoms with Crippen molar-refractivity contribution in [2.75, 3.05) is 0 Å². The Balaban J connectivity index is 1.58. The quantitative estimate of drug-likeness (QED) is 0.543. The molecule has 0 aliphatic carbocycles. The molecule has 4 rings (SSSR count). The Labute approximate surface area is 176 Å². The fourth-order valence-corrected chi connectivity index (χ4v) is 3.56. The smallest absolute Gasteiger partial charge is 0.417 e. The van der Waals surface area contributed by atoms with E-state index in [0.717, 1.165) is 10.9 Å². The molecule has 2 aromatic carbocycles. The van der Waals surface area contributed by atoms with Crippen molar-refractivity contribution in [1.29, 1.82) is 0 Å². The van der Waals surface area contributed by atoms with Gasteiger partial charge in [-0.15, -0.1) is 0 Å². The first-order valence-electron chi connectivity index (χ1n) is 9.29. The van der Waals surface area contributed by atoms with Gasteiger partial charge in [-0.05, 0) is 35.4 Å². The monoisotopic (exact) mass is 456 g/mol. The summed E-state index contributed by atoms with van der Waals surface area (Å²) in [5, 5.41) is 0.794. The van der Waals surface area contributed by atoms with Crippen molar-refractivity contribution in [2.24, 2.45) is 0 Å². The Hall–Kier alpha value is -3.50. The molecule has 0 spiro atoms. The summed E-state index contributed by atoms with van der Waals surface area (Å²) in [5.74, 6) is -0.841. The molecule has 168 valence electrons. The van der Waals surface area contributed by atoms with E-state index in [0.29, 0.717) is 22.6 Å². The number of hydrogen-bond donors (Lipinski definition) is 1. The molecule has 0 saturated carbocycles. The zero-order valence-corrected chi connectivity index (χ0v) is 16.1. The van der Waals surface area contributed by atoms with Gasteiger partial charge in [0.15, 0.2) is 6.10 Å². The summed E-state index contributed by atoms with van der Waals surface area (Å²) >= 11 is 0. The van der Waals surface area contributed by atoms with Crippen molar-refractivity contribution in [1.82, 2.24) is 9.88 Å². The van der Waals surface area contributed by atoms with E-state index in [-0.39, 0.29) is 12.5 Å². The number of nitrogens with zero attached hydrogens (tertiary/aromatic N) is 1. The Kier molecular flexibility index (Phi) is 5.14. The summed E-state index contributed by atoms with van der Waals surface area (Å²) < 4.78 is 83.4. The van der Waals surface area contributed by atoms with Gasteiger partial charge in [-0.3, -0.25) is 4.79 Å². The maximum Gasteiger partial charge on any atom is 0.417 e. The van der Waals surface area contributed by atoms with Gasteiger partial charge in [0.25, 0.3) is 5.91 Å². The summed E-state index contributed by atoms with van der Waals surface area (Å²) in [7, 11) is 0. The van der Waals surface area contributed by atoms with Crippen molar-refractivity contribution in [3.8, 4) is 0 Å². The Morgan fingerprint density at radius 1 is 0.938 bits per heavy atom. The number of fused-ring (bicyclic) bond motifs is 1. The van der Waals surface area contributed by atoms with Crippen LogP contribution in [0.5, 0.6) is 0 Å². The number of imide groups is 1. The molecule has 1 atom stereocenters. The van der Waals surface area contributed by atoms with Gasteiger partial charge in [-0.2, -0.15) is 26.3 Å². The number of rotatable bonds is 4. The highest BCUT2D eigenvalue weighted by molar-refractivity contribution is 6.00. The van der Waals surface area contributed by atoms with Crippen LogP contribution in [-0.2, 0) is 34.8 Å². The van der Waals surface area contributed by atoms with Crippen molar-refractivity contribution < 1.29 is 40.7 Å². The number of ether oxygens (including phenoxy) is 1. The highest BCUT2D eigenvalue weighted by Crippen LogP contribution is 2.37. The normalized spacial score (nSPS) is 17.3. The Bertz CT molecular complexity index is 1170. The van der Waals surface area contributed by atoms with Gasteiger partial charge >= 0.3 is 18.4 Å². The summed E-state index contributed by atoms with van der Waals surface area (Å²) in [6.07, 6.45) is -10.8. The average Bonchev–Trinajstić information content (AvgIpc) is 3.23. The molecule has 3 aromatic rings. The maximum atomic E-state index is 13.1. The lowest BCUT2D eigenvalue weighted by Crippen LogP contribution is -2.32. The van der Waals surface area contributed by atoms with Crippen molar-refractivity contribution in [3.05, 3.63) is 70.9 Å². The molecule has 1 fully saturated rings. The van der Waals surface area contributed by atoms with E-state index in [9.17, 15) is 35.9 Å². The van der Waals surface area contributed by atoms with E-state index in [1.807, 2.05) is 0 Å². The third kappa shape index (κ3) is 4.14. The number of halogens is 6. The number of aromatic nitrogens is 1. The number of benzene rings is 2. The molecular weight excluding hydrogens is 442 g/mol. The third-order valence-electron chi connectivity index (χ3n) is 5.07. The van der Waals surface area contributed by atoms with Gasteiger partial charge in [-0.1, -0.05) is 18.2 Å². The molecule has 0 unspecified atom stereocenters. The number of cyclic esters (lactones) is 1. The summed E-state index contributed by atoms with van der Waals surface area (Å²) in [6.45, 7) is -0.783. The number of carbonyl (C=O) groups is 2. The van der Waals surface area contributed by atoms with Crippen LogP contribution >= 0.6 is 0 Å². The van der Waals surface area contributed by atoms with Crippen LogP contribution in [0.2, 0.25) is 0 Å². The second-order valence-electron chi connectivity index (χ2n) is 7.27. The molecule has 2 heterocycles. The highest BCUT2D eigenvalue weighted by Gasteiger charge is 2.42. The molecule has 1 aliphatic rings. The number of aromatic amines is 1. The number of carbonyl (C=O) groups excluding carboxylic acids is 2. The minimum Gasteiger partial charge on any atom is -0.435 e. The van der Waals surface area contributed by atoms with Crippen molar-refractivity contribution in [3.63, 3.8) is 0 Å². The molecule has 0 radical (unpaired) electrons. The topological polar surface area (TPSA) is 62.4 Å². The zero-order valence-electron chi connectivity index (χ0n) is 16.1. The summed E-state index contributed by atoms with van der Waals surface area (Å²) in [6, 6.07) is 8.11. The van der Waals surface area contributed by atoms with Gasteiger partial charge in [-0.25, -0.2) is 9.69 Å². The lowest BCUT2D eigenvalue weighted by molar-refractivity contribution is -0.143. The molecule has 5 nitrogen and oxygen atoms in total. The zero-order chi connectivity index (χ0) is 23.3. The number of hydrogen-bond acceptors (Lipinski definition) is 3. The van der Waals surface area contributed by atoms with Crippen LogP contribution in [0.15, 0.2) is 48.7 Å². The molecular formula is C21H14F6N2O3. The predicted molar refractivity (Wildman–Crippen MR) is 99.3 cm³/mol. The maximum absolute atomic E-state index is 13.1. The van der Waals surface area contributed by atoms with Crippen LogP contribution in [0.4, 0.5) is 31.1 Å². The first-order valence-corrected chi connectivity index (χ1v) is 9.29. The first kappa shape index (κ1) is 21.7. The van der Waals surface area contributed by atoms with Gasteiger partial charge in [0.2, 0.25) is 0 Å². The van der Waals surface area contributed by atoms with Gasteiger partial charge < -0.3 is 9.72 Å². The second kappa shape index (κ2) is 7.57. The molecule has 0 bridgehead atoms. The SMILES string of the molecule is O=C1O[C@H](Cc2c[nH]c3ccccc23)C(=O)N1Cc1cc(C(F)(F)F)cc(C(F)(F)F)c1. The van der Waals surface area contributed by atoms with Crippen LogP contribution in [0.1, 0.15) is 22.3 Å². The fourth-order valence-electron chi connectivity index (χ4n) is 3.56. The predicted octanol–water partition coefficient (Wildman–Crippen LogP) is 5.30. The van der Waals surface area contributed by atoms with Gasteiger partial charge in [0.1, 0.15) is 0 Å². The van der Waals surface area contributed by atoms with Gasteiger partial charge in [0.05, 0.1) is 17.7 Å². The number of alkyl halides is 6. The number of amides is 2. The van der Waals surface area contributed by atoms with Crippen molar-refractivity contribution in [2.45, 2.75) is 31.4 Å². The van der Waals surface area contributed by atoms with Crippen LogP contribution < -0.4 is 0 Å². The van der Waals surface area contributed by atoms with E-state index in [1.165, 1.54) is 0 Å². The molecule has 1 aliphatic heterocycles. The minimum absolute atomic E-state index is 0.00147. The molecule has 32 heavy (non-hydrogen) atoms. The Morgan fingerprint density at radius 2 is 1.56 bits per heavy atom. The fraction of sp³-hybridized carbons (Fsp3) is 0.238. The largest absolute Gasteiger partial charge is 0.435 e. The van der Waals surface area contributed by atoms with Crippen LogP contribution in [-0.4, -0.2) is 28.0 Å². The summed E-state index contributed by atoms with van der Waals surface area (Å²) in [4.78, 5) is 28.4.